The van der Waals surface area contributed by atoms with Gasteiger partial charge in [-0.25, -0.2) is 0 Å². The highest BCUT2D eigenvalue weighted by Gasteiger charge is 2.23. The first-order chi connectivity index (χ1) is 13.0. The third-order valence-electron chi connectivity index (χ3n) is 3.49. The van der Waals surface area contributed by atoms with E-state index in [-0.39, 0.29) is 22.4 Å². The number of H-pyrrole nitrogens is 1. The Balaban J connectivity index is 2.28. The number of benzene rings is 2. The molecule has 0 saturated heterocycles. The van der Waals surface area contributed by atoms with E-state index in [2.05, 4.69) is 25.4 Å². The molecule has 0 aliphatic rings. The molecule has 12 nitrogen and oxygen atoms in total. The number of azo groups is 1. The molecule has 0 bridgehead atoms. The van der Waals surface area contributed by atoms with Crippen molar-refractivity contribution in [1.29, 1.82) is 0 Å². The Labute approximate surface area is 162 Å². The van der Waals surface area contributed by atoms with Gasteiger partial charge < -0.3 is 5.11 Å². The van der Waals surface area contributed by atoms with Gasteiger partial charge in [0.2, 0.25) is 0 Å². The maximum Gasteiger partial charge on any atom is 0.298 e. The number of hydrogen-bond acceptors (Lipinski definition) is 10. The average molecular weight is 445 g/mol. The van der Waals surface area contributed by atoms with Gasteiger partial charge in [0.1, 0.15) is 10.6 Å². The van der Waals surface area contributed by atoms with Crippen LogP contribution in [0.15, 0.2) is 49.4 Å². The highest BCUT2D eigenvalue weighted by atomic mass is 32.2. The van der Waals surface area contributed by atoms with Crippen LogP contribution >= 0.6 is 11.8 Å². The molecule has 0 amide bonds. The van der Waals surface area contributed by atoms with Crippen molar-refractivity contribution in [2.24, 2.45) is 10.2 Å². The zero-order valence-corrected chi connectivity index (χ0v) is 16.2. The van der Waals surface area contributed by atoms with Crippen LogP contribution < -0.4 is 0 Å². The van der Waals surface area contributed by atoms with Crippen LogP contribution in [0.1, 0.15) is 0 Å². The second-order valence-electron chi connectivity index (χ2n) is 5.26. The number of phenolic OH excluding ortho intramolecular Hbond substituents is 1. The first-order valence-corrected chi connectivity index (χ1v) is 11.2. The van der Waals surface area contributed by atoms with Gasteiger partial charge in [0.05, 0.1) is 4.90 Å². The second kappa shape index (κ2) is 7.10. The second-order valence-corrected chi connectivity index (χ2v) is 8.87. The van der Waals surface area contributed by atoms with Crippen LogP contribution in [0.4, 0.5) is 11.6 Å². The molecule has 1 aromatic heterocycles. The van der Waals surface area contributed by atoms with Crippen LogP contribution in [0.5, 0.6) is 5.75 Å². The molecule has 0 unspecified atom stereocenters. The van der Waals surface area contributed by atoms with Crippen LogP contribution in [0.25, 0.3) is 10.8 Å². The van der Waals surface area contributed by atoms with E-state index in [1.165, 1.54) is 17.8 Å². The Morgan fingerprint density at radius 1 is 1.04 bits per heavy atom. The van der Waals surface area contributed by atoms with Gasteiger partial charge >= 0.3 is 0 Å². The molecule has 2 aromatic carbocycles. The van der Waals surface area contributed by atoms with Crippen LogP contribution in [-0.4, -0.2) is 52.5 Å². The van der Waals surface area contributed by atoms with Crippen molar-refractivity contribution in [2.45, 2.75) is 14.9 Å². The molecule has 15 heteroatoms. The molecule has 0 saturated carbocycles. The monoisotopic (exact) mass is 445 g/mol. The standard InChI is InChI=1S/C13H11N5O7S3/c1-26-13-14-12(17-18-13)16-15-10-8-3-2-7(27(20,21)22)4-6(8)5-9(11(10)19)28(23,24)25/h2-5,19H,1H3,(H,14,17,18)(H,20,21,22)(H,23,24,25). The molecule has 0 aliphatic heterocycles. The van der Waals surface area contributed by atoms with Crippen molar-refractivity contribution in [3.8, 4) is 5.75 Å². The molecule has 4 N–H and O–H groups in total. The number of aromatic nitrogens is 3. The molecule has 0 atom stereocenters. The van der Waals surface area contributed by atoms with Gasteiger partial charge in [-0.05, 0) is 29.8 Å². The SMILES string of the molecule is CSc1nnc(N=Nc2c(O)c(S(=O)(=O)O)cc3cc(S(=O)(=O)O)ccc23)[nH]1. The van der Waals surface area contributed by atoms with Crippen molar-refractivity contribution >= 4 is 54.4 Å². The van der Waals surface area contributed by atoms with Crippen molar-refractivity contribution in [2.75, 3.05) is 6.26 Å². The van der Waals surface area contributed by atoms with Crippen LogP contribution in [-0.2, 0) is 20.2 Å². The quantitative estimate of drug-likeness (QED) is 0.257. The first kappa shape index (κ1) is 20.2. The Morgan fingerprint density at radius 2 is 1.75 bits per heavy atom. The van der Waals surface area contributed by atoms with E-state index in [0.29, 0.717) is 5.16 Å². The fourth-order valence-corrected chi connectivity index (χ4v) is 3.71. The number of nitrogens with one attached hydrogen (secondary N) is 1. The summed E-state index contributed by atoms with van der Waals surface area (Å²) in [6.45, 7) is 0. The maximum absolute atomic E-state index is 11.6. The lowest BCUT2D eigenvalue weighted by Crippen LogP contribution is -2.00. The minimum Gasteiger partial charge on any atom is -0.504 e. The van der Waals surface area contributed by atoms with Gasteiger partial charge in [0.15, 0.2) is 10.9 Å². The fraction of sp³-hybridized carbons (Fsp3) is 0.0769. The van der Waals surface area contributed by atoms with Crippen molar-refractivity contribution in [1.82, 2.24) is 15.2 Å². The minimum atomic E-state index is -4.88. The highest BCUT2D eigenvalue weighted by molar-refractivity contribution is 7.98. The van der Waals surface area contributed by atoms with E-state index in [4.69, 9.17) is 0 Å². The summed E-state index contributed by atoms with van der Waals surface area (Å²) in [4.78, 5) is 1.26. The van der Waals surface area contributed by atoms with Crippen LogP contribution in [0.2, 0.25) is 0 Å². The van der Waals surface area contributed by atoms with Gasteiger partial charge in [-0.1, -0.05) is 17.8 Å². The number of aromatic amines is 1. The average Bonchev–Trinajstić information content (AvgIpc) is 3.06. The summed E-state index contributed by atoms with van der Waals surface area (Å²) in [6, 6.07) is 4.02. The summed E-state index contributed by atoms with van der Waals surface area (Å²) in [5.41, 5.74) is -0.367. The summed E-state index contributed by atoms with van der Waals surface area (Å²) in [5, 5.41) is 25.7. The lowest BCUT2D eigenvalue weighted by Gasteiger charge is -2.09. The van der Waals surface area contributed by atoms with Gasteiger partial charge in [-0.3, -0.25) is 14.1 Å². The molecular weight excluding hydrogens is 434 g/mol. The van der Waals surface area contributed by atoms with E-state index in [1.807, 2.05) is 0 Å². The number of rotatable bonds is 5. The first-order valence-electron chi connectivity index (χ1n) is 7.14. The molecule has 0 fully saturated rings. The summed E-state index contributed by atoms with van der Waals surface area (Å²) >= 11 is 1.25. The third kappa shape index (κ3) is 3.97. The predicted octanol–water partition coefficient (Wildman–Crippen LogP) is 2.29. The smallest absolute Gasteiger partial charge is 0.298 e. The van der Waals surface area contributed by atoms with Gasteiger partial charge in [0.25, 0.3) is 26.2 Å². The lowest BCUT2D eigenvalue weighted by atomic mass is 10.1. The minimum absolute atomic E-state index is 0.0382. The summed E-state index contributed by atoms with van der Waals surface area (Å²) in [7, 11) is -9.46. The Bertz CT molecular complexity index is 1320. The van der Waals surface area contributed by atoms with E-state index in [1.54, 1.807) is 6.26 Å². The number of phenols is 1. The molecule has 148 valence electrons. The number of nitrogens with zero attached hydrogens (tertiary/aromatic N) is 4. The Morgan fingerprint density at radius 3 is 2.32 bits per heavy atom. The summed E-state index contributed by atoms with van der Waals surface area (Å²) < 4.78 is 64.3. The van der Waals surface area contributed by atoms with E-state index in [0.717, 1.165) is 18.2 Å². The Hall–Kier alpha value is -2.59. The number of hydrogen-bond donors (Lipinski definition) is 4. The lowest BCUT2D eigenvalue weighted by molar-refractivity contribution is 0.445. The van der Waals surface area contributed by atoms with Gasteiger partial charge in [-0.2, -0.15) is 16.8 Å². The third-order valence-corrected chi connectivity index (χ3v) is 5.78. The zero-order valence-electron chi connectivity index (χ0n) is 13.8. The normalized spacial score (nSPS) is 12.8. The summed E-state index contributed by atoms with van der Waals surface area (Å²) in [6.07, 6.45) is 1.74. The summed E-state index contributed by atoms with van der Waals surface area (Å²) in [5.74, 6) is -0.938. The van der Waals surface area contributed by atoms with E-state index in [9.17, 15) is 31.0 Å². The zero-order chi connectivity index (χ0) is 20.7. The van der Waals surface area contributed by atoms with E-state index >= 15 is 0 Å². The Kier molecular flexibility index (Phi) is 5.11. The molecule has 0 aliphatic carbocycles. The molecular formula is C13H11N5O7S3. The van der Waals surface area contributed by atoms with Crippen LogP contribution in [0.3, 0.4) is 0 Å². The van der Waals surface area contributed by atoms with Crippen molar-refractivity contribution in [3.63, 3.8) is 0 Å². The molecule has 1 heterocycles. The van der Waals surface area contributed by atoms with Crippen molar-refractivity contribution in [3.05, 3.63) is 24.3 Å². The van der Waals surface area contributed by atoms with E-state index < -0.39 is 35.8 Å². The fourth-order valence-electron chi connectivity index (χ4n) is 2.26. The topological polar surface area (TPSA) is 195 Å². The number of thioether (sulfide) groups is 1. The highest BCUT2D eigenvalue weighted by Crippen LogP contribution is 2.41. The molecule has 0 spiro atoms. The number of aromatic hydroxyl groups is 1. The number of fused-ring (bicyclic) bond motifs is 1. The molecule has 3 rings (SSSR count). The van der Waals surface area contributed by atoms with Gasteiger partial charge in [0, 0.05) is 5.39 Å². The molecule has 3 aromatic rings. The van der Waals surface area contributed by atoms with Crippen LogP contribution in [0, 0.1) is 0 Å². The predicted molar refractivity (Wildman–Crippen MR) is 97.6 cm³/mol. The maximum atomic E-state index is 11.6. The molecule has 0 radical (unpaired) electrons. The van der Waals surface area contributed by atoms with Gasteiger partial charge in [-0.15, -0.1) is 20.4 Å². The molecule has 28 heavy (non-hydrogen) atoms. The van der Waals surface area contributed by atoms with Crippen molar-refractivity contribution < 1.29 is 31.0 Å². The largest absolute Gasteiger partial charge is 0.504 e.